The lowest BCUT2D eigenvalue weighted by molar-refractivity contribution is -0.124. The second kappa shape index (κ2) is 6.83. The van der Waals surface area contributed by atoms with Crippen LogP contribution in [0.2, 0.25) is 0 Å². The molecule has 16 heavy (non-hydrogen) atoms. The lowest BCUT2D eigenvalue weighted by Crippen LogP contribution is -2.46. The van der Waals surface area contributed by atoms with Crippen molar-refractivity contribution in [3.8, 4) is 0 Å². The van der Waals surface area contributed by atoms with Gasteiger partial charge in [-0.15, -0.1) is 0 Å². The SMILES string of the molecule is O=C(CCCCO)NCC1(O)CCOCC1. The molecule has 5 heteroatoms. The van der Waals surface area contributed by atoms with Crippen molar-refractivity contribution >= 4 is 5.91 Å². The van der Waals surface area contributed by atoms with Crippen molar-refractivity contribution in [1.29, 1.82) is 0 Å². The average molecular weight is 231 g/mol. The Bertz CT molecular complexity index is 214. The van der Waals surface area contributed by atoms with Crippen molar-refractivity contribution in [1.82, 2.24) is 5.32 Å². The third-order valence-corrected chi connectivity index (χ3v) is 2.85. The number of ether oxygens (including phenoxy) is 1. The highest BCUT2D eigenvalue weighted by Gasteiger charge is 2.29. The number of hydrogen-bond acceptors (Lipinski definition) is 4. The molecule has 0 bridgehead atoms. The van der Waals surface area contributed by atoms with Gasteiger partial charge in [0, 0.05) is 45.6 Å². The van der Waals surface area contributed by atoms with E-state index in [0.717, 1.165) is 0 Å². The number of unbranched alkanes of at least 4 members (excludes halogenated alkanes) is 1. The van der Waals surface area contributed by atoms with Crippen LogP contribution in [0, 0.1) is 0 Å². The average Bonchev–Trinajstić information content (AvgIpc) is 2.28. The molecule has 5 nitrogen and oxygen atoms in total. The molecule has 94 valence electrons. The van der Waals surface area contributed by atoms with Crippen molar-refractivity contribution in [3.05, 3.63) is 0 Å². The number of carbonyl (C=O) groups excluding carboxylic acids is 1. The molecule has 0 aromatic heterocycles. The van der Waals surface area contributed by atoms with Crippen LogP contribution in [-0.4, -0.2) is 48.1 Å². The summed E-state index contributed by atoms with van der Waals surface area (Å²) in [6.07, 6.45) is 2.89. The van der Waals surface area contributed by atoms with E-state index >= 15 is 0 Å². The molecule has 0 atom stereocenters. The summed E-state index contributed by atoms with van der Waals surface area (Å²) in [5.74, 6) is -0.0617. The third kappa shape index (κ3) is 4.92. The van der Waals surface area contributed by atoms with E-state index in [2.05, 4.69) is 5.32 Å². The lowest BCUT2D eigenvalue weighted by atomic mass is 9.94. The Labute approximate surface area is 95.8 Å². The maximum atomic E-state index is 11.4. The smallest absolute Gasteiger partial charge is 0.220 e. The maximum Gasteiger partial charge on any atom is 0.220 e. The molecule has 0 spiro atoms. The van der Waals surface area contributed by atoms with E-state index in [1.54, 1.807) is 0 Å². The summed E-state index contributed by atoms with van der Waals surface area (Å²) in [5.41, 5.74) is -0.801. The summed E-state index contributed by atoms with van der Waals surface area (Å²) in [5, 5.41) is 21.4. The number of aliphatic hydroxyl groups excluding tert-OH is 1. The van der Waals surface area contributed by atoms with Crippen LogP contribution >= 0.6 is 0 Å². The van der Waals surface area contributed by atoms with Crippen molar-refractivity contribution in [2.24, 2.45) is 0 Å². The molecule has 0 radical (unpaired) electrons. The standard InChI is InChI=1S/C11H21NO4/c13-6-2-1-3-10(14)12-9-11(15)4-7-16-8-5-11/h13,15H,1-9H2,(H,12,14). The van der Waals surface area contributed by atoms with Crippen molar-refractivity contribution in [2.45, 2.75) is 37.7 Å². The monoisotopic (exact) mass is 231 g/mol. The van der Waals surface area contributed by atoms with Crippen LogP contribution in [0.5, 0.6) is 0 Å². The Balaban J connectivity index is 2.14. The summed E-state index contributed by atoms with van der Waals surface area (Å²) in [4.78, 5) is 11.4. The number of rotatable bonds is 6. The molecule has 1 aliphatic rings. The summed E-state index contributed by atoms with van der Waals surface area (Å²) < 4.78 is 5.15. The number of aliphatic hydroxyl groups is 2. The van der Waals surface area contributed by atoms with Crippen molar-refractivity contribution in [2.75, 3.05) is 26.4 Å². The second-order valence-corrected chi connectivity index (χ2v) is 4.29. The fraction of sp³-hybridized carbons (Fsp3) is 0.909. The minimum absolute atomic E-state index is 0.0617. The van der Waals surface area contributed by atoms with Gasteiger partial charge in [0.05, 0.1) is 5.60 Å². The molecule has 0 aromatic rings. The molecule has 1 fully saturated rings. The molecule has 1 aliphatic heterocycles. The molecule has 0 aliphatic carbocycles. The summed E-state index contributed by atoms with van der Waals surface area (Å²) in [7, 11) is 0. The Morgan fingerprint density at radius 1 is 1.31 bits per heavy atom. The molecule has 0 aromatic carbocycles. The molecule has 1 amide bonds. The van der Waals surface area contributed by atoms with Crippen LogP contribution in [0.4, 0.5) is 0 Å². The Morgan fingerprint density at radius 3 is 2.62 bits per heavy atom. The van der Waals surface area contributed by atoms with Crippen LogP contribution < -0.4 is 5.32 Å². The fourth-order valence-electron chi connectivity index (χ4n) is 1.68. The Hall–Kier alpha value is -0.650. The van der Waals surface area contributed by atoms with E-state index in [9.17, 15) is 9.90 Å². The van der Waals surface area contributed by atoms with E-state index in [0.29, 0.717) is 51.9 Å². The summed E-state index contributed by atoms with van der Waals surface area (Å²) in [6.45, 7) is 1.52. The largest absolute Gasteiger partial charge is 0.396 e. The van der Waals surface area contributed by atoms with Gasteiger partial charge >= 0.3 is 0 Å². The van der Waals surface area contributed by atoms with E-state index in [1.165, 1.54) is 0 Å². The first-order chi connectivity index (χ1) is 7.66. The molecule has 0 saturated carbocycles. The number of hydrogen-bond donors (Lipinski definition) is 3. The molecule has 1 rings (SSSR count). The van der Waals surface area contributed by atoms with Gasteiger partial charge in [-0.05, 0) is 12.8 Å². The molecule has 1 saturated heterocycles. The number of carbonyl (C=O) groups is 1. The van der Waals surface area contributed by atoms with Crippen molar-refractivity contribution < 1.29 is 19.7 Å². The van der Waals surface area contributed by atoms with E-state index < -0.39 is 5.60 Å². The first kappa shape index (κ1) is 13.4. The van der Waals surface area contributed by atoms with Crippen LogP contribution in [0.1, 0.15) is 32.1 Å². The third-order valence-electron chi connectivity index (χ3n) is 2.85. The lowest BCUT2D eigenvalue weighted by Gasteiger charge is -2.32. The zero-order valence-electron chi connectivity index (χ0n) is 9.57. The van der Waals surface area contributed by atoms with Gasteiger partial charge in [0.2, 0.25) is 5.91 Å². The van der Waals surface area contributed by atoms with Crippen LogP contribution in [0.15, 0.2) is 0 Å². The van der Waals surface area contributed by atoms with E-state index in [4.69, 9.17) is 9.84 Å². The van der Waals surface area contributed by atoms with Gasteiger partial charge in [0.25, 0.3) is 0 Å². The molecule has 3 N–H and O–H groups in total. The highest BCUT2D eigenvalue weighted by molar-refractivity contribution is 5.75. The minimum atomic E-state index is -0.801. The first-order valence-corrected chi connectivity index (χ1v) is 5.84. The van der Waals surface area contributed by atoms with Crippen LogP contribution in [0.25, 0.3) is 0 Å². The van der Waals surface area contributed by atoms with E-state index in [1.807, 2.05) is 0 Å². The quantitative estimate of drug-likeness (QED) is 0.553. The van der Waals surface area contributed by atoms with Gasteiger partial charge < -0.3 is 20.3 Å². The Morgan fingerprint density at radius 2 is 2.00 bits per heavy atom. The normalized spacial score (nSPS) is 19.4. The van der Waals surface area contributed by atoms with Gasteiger partial charge in [0.1, 0.15) is 0 Å². The molecule has 1 heterocycles. The number of nitrogens with one attached hydrogen (secondary N) is 1. The van der Waals surface area contributed by atoms with Crippen LogP contribution in [-0.2, 0) is 9.53 Å². The van der Waals surface area contributed by atoms with Gasteiger partial charge in [0.15, 0.2) is 0 Å². The Kier molecular flexibility index (Phi) is 5.73. The van der Waals surface area contributed by atoms with Crippen molar-refractivity contribution in [3.63, 3.8) is 0 Å². The van der Waals surface area contributed by atoms with E-state index in [-0.39, 0.29) is 12.5 Å². The van der Waals surface area contributed by atoms with Gasteiger partial charge in [-0.2, -0.15) is 0 Å². The van der Waals surface area contributed by atoms with Gasteiger partial charge in [-0.3, -0.25) is 4.79 Å². The highest BCUT2D eigenvalue weighted by atomic mass is 16.5. The molecular formula is C11H21NO4. The summed E-state index contributed by atoms with van der Waals surface area (Å²) >= 11 is 0. The first-order valence-electron chi connectivity index (χ1n) is 5.84. The topological polar surface area (TPSA) is 78.8 Å². The molecular weight excluding hydrogens is 210 g/mol. The van der Waals surface area contributed by atoms with Crippen LogP contribution in [0.3, 0.4) is 0 Å². The highest BCUT2D eigenvalue weighted by Crippen LogP contribution is 2.19. The predicted molar refractivity (Wildman–Crippen MR) is 58.9 cm³/mol. The minimum Gasteiger partial charge on any atom is -0.396 e. The number of amides is 1. The summed E-state index contributed by atoms with van der Waals surface area (Å²) in [6, 6.07) is 0. The zero-order chi connectivity index (χ0) is 11.9. The predicted octanol–water partition coefficient (Wildman–Crippen LogP) is -0.193. The second-order valence-electron chi connectivity index (χ2n) is 4.29. The fourth-order valence-corrected chi connectivity index (χ4v) is 1.68. The maximum absolute atomic E-state index is 11.4. The van der Waals surface area contributed by atoms with Gasteiger partial charge in [-0.1, -0.05) is 0 Å². The van der Waals surface area contributed by atoms with Gasteiger partial charge in [-0.25, -0.2) is 0 Å². The molecule has 0 unspecified atom stereocenters. The zero-order valence-corrected chi connectivity index (χ0v) is 9.57.